The predicted octanol–water partition coefficient (Wildman–Crippen LogP) is 3.00. The van der Waals surface area contributed by atoms with Gasteiger partial charge in [-0.2, -0.15) is 0 Å². The van der Waals surface area contributed by atoms with E-state index < -0.39 is 35.0 Å². The third kappa shape index (κ3) is 5.71. The van der Waals surface area contributed by atoms with Crippen LogP contribution in [0.2, 0.25) is 0 Å². The van der Waals surface area contributed by atoms with Gasteiger partial charge in [0.25, 0.3) is 0 Å². The number of amides is 2. The minimum Gasteiger partial charge on any atom is -0.481 e. The second-order valence-corrected chi connectivity index (χ2v) is 8.83. The lowest BCUT2D eigenvalue weighted by Gasteiger charge is -2.37. The molecular formula is C21H30N2O5. The minimum absolute atomic E-state index is 0.0378. The molecule has 1 saturated heterocycles. The molecule has 0 saturated carbocycles. The first-order valence-corrected chi connectivity index (χ1v) is 9.47. The molecule has 0 radical (unpaired) electrons. The molecule has 2 atom stereocenters. The van der Waals surface area contributed by atoms with Gasteiger partial charge in [0.1, 0.15) is 5.60 Å². The number of piperidine rings is 1. The Morgan fingerprint density at radius 1 is 1.04 bits per heavy atom. The van der Waals surface area contributed by atoms with Gasteiger partial charge in [0.2, 0.25) is 5.91 Å². The summed E-state index contributed by atoms with van der Waals surface area (Å²) >= 11 is 0. The van der Waals surface area contributed by atoms with Crippen LogP contribution in [0.5, 0.6) is 0 Å². The van der Waals surface area contributed by atoms with E-state index in [1.165, 1.54) is 4.90 Å². The van der Waals surface area contributed by atoms with Gasteiger partial charge in [0.05, 0.1) is 17.4 Å². The summed E-state index contributed by atoms with van der Waals surface area (Å²) in [5.41, 5.74) is -0.371. The SMILES string of the molecule is CC(C)(C)OC(=O)N1C[C@H](C(=O)O)C[C@H](C(=O)NC(C)(C)c2ccccc2)C1. The fourth-order valence-corrected chi connectivity index (χ4v) is 3.28. The van der Waals surface area contributed by atoms with Gasteiger partial charge >= 0.3 is 12.1 Å². The van der Waals surface area contributed by atoms with Crippen LogP contribution in [0.4, 0.5) is 4.79 Å². The van der Waals surface area contributed by atoms with Crippen molar-refractivity contribution in [2.75, 3.05) is 13.1 Å². The lowest BCUT2D eigenvalue weighted by Crippen LogP contribution is -2.53. The van der Waals surface area contributed by atoms with Crippen molar-refractivity contribution >= 4 is 18.0 Å². The molecule has 0 bridgehead atoms. The van der Waals surface area contributed by atoms with Gasteiger partial charge in [-0.05, 0) is 46.6 Å². The standard InChI is InChI=1S/C21H30N2O5/c1-20(2,3)28-19(27)23-12-14(11-15(13-23)18(25)26)17(24)22-21(4,5)16-9-7-6-8-10-16/h6-10,14-15H,11-13H2,1-5H3,(H,22,24)(H,25,26)/t14-,15+/m0/s1. The summed E-state index contributed by atoms with van der Waals surface area (Å²) < 4.78 is 5.37. The fourth-order valence-electron chi connectivity index (χ4n) is 3.28. The Morgan fingerprint density at radius 2 is 1.61 bits per heavy atom. The monoisotopic (exact) mass is 390 g/mol. The maximum atomic E-state index is 12.9. The number of hydrogen-bond acceptors (Lipinski definition) is 4. The Labute approximate surface area is 166 Å². The van der Waals surface area contributed by atoms with E-state index in [9.17, 15) is 19.5 Å². The van der Waals surface area contributed by atoms with Crippen LogP contribution >= 0.6 is 0 Å². The lowest BCUT2D eigenvalue weighted by molar-refractivity contribution is -0.145. The molecule has 0 aliphatic carbocycles. The Morgan fingerprint density at radius 3 is 2.14 bits per heavy atom. The van der Waals surface area contributed by atoms with Crippen molar-refractivity contribution in [1.29, 1.82) is 0 Å². The van der Waals surface area contributed by atoms with E-state index in [1.807, 2.05) is 44.2 Å². The molecule has 1 aromatic rings. The summed E-state index contributed by atoms with van der Waals surface area (Å²) in [5, 5.41) is 12.5. The highest BCUT2D eigenvalue weighted by atomic mass is 16.6. The molecule has 7 nitrogen and oxygen atoms in total. The smallest absolute Gasteiger partial charge is 0.410 e. The third-order valence-electron chi connectivity index (χ3n) is 4.75. The maximum Gasteiger partial charge on any atom is 0.410 e. The first-order chi connectivity index (χ1) is 12.9. The first kappa shape index (κ1) is 21.7. The van der Waals surface area contributed by atoms with Crippen molar-refractivity contribution in [3.05, 3.63) is 35.9 Å². The molecule has 1 aromatic carbocycles. The van der Waals surface area contributed by atoms with Crippen LogP contribution < -0.4 is 5.32 Å². The van der Waals surface area contributed by atoms with Gasteiger partial charge in [-0.15, -0.1) is 0 Å². The van der Waals surface area contributed by atoms with Gasteiger partial charge < -0.3 is 20.1 Å². The highest BCUT2D eigenvalue weighted by molar-refractivity contribution is 5.82. The molecule has 7 heteroatoms. The number of carboxylic acids is 1. The molecule has 2 amide bonds. The maximum absolute atomic E-state index is 12.9. The summed E-state index contributed by atoms with van der Waals surface area (Å²) in [4.78, 5) is 38.3. The van der Waals surface area contributed by atoms with E-state index >= 15 is 0 Å². The van der Waals surface area contributed by atoms with E-state index in [1.54, 1.807) is 20.8 Å². The number of hydrogen-bond donors (Lipinski definition) is 2. The lowest BCUT2D eigenvalue weighted by atomic mass is 9.87. The summed E-state index contributed by atoms with van der Waals surface area (Å²) in [6, 6.07) is 9.55. The Bertz CT molecular complexity index is 724. The highest BCUT2D eigenvalue weighted by Gasteiger charge is 2.39. The van der Waals surface area contributed by atoms with Crippen LogP contribution in [0, 0.1) is 11.8 Å². The predicted molar refractivity (Wildman–Crippen MR) is 105 cm³/mol. The molecule has 0 spiro atoms. The number of likely N-dealkylation sites (tertiary alicyclic amines) is 1. The van der Waals surface area contributed by atoms with Crippen LogP contribution in [0.1, 0.15) is 46.6 Å². The van der Waals surface area contributed by atoms with E-state index in [0.29, 0.717) is 0 Å². The number of carbonyl (C=O) groups is 3. The number of nitrogens with one attached hydrogen (secondary N) is 1. The number of carboxylic acid groups (broad SMARTS) is 1. The van der Waals surface area contributed by atoms with Crippen LogP contribution in [0.3, 0.4) is 0 Å². The van der Waals surface area contributed by atoms with Crippen molar-refractivity contribution in [3.63, 3.8) is 0 Å². The molecule has 28 heavy (non-hydrogen) atoms. The molecular weight excluding hydrogens is 360 g/mol. The average molecular weight is 390 g/mol. The number of nitrogens with zero attached hydrogens (tertiary/aromatic N) is 1. The Balaban J connectivity index is 2.14. The zero-order valence-electron chi connectivity index (χ0n) is 17.2. The largest absolute Gasteiger partial charge is 0.481 e. The van der Waals surface area contributed by atoms with E-state index in [4.69, 9.17) is 4.74 Å². The molecule has 0 unspecified atom stereocenters. The fraction of sp³-hybridized carbons (Fsp3) is 0.571. The normalized spacial score (nSPS) is 20.4. The molecule has 1 fully saturated rings. The van der Waals surface area contributed by atoms with Gasteiger partial charge in [0, 0.05) is 13.1 Å². The average Bonchev–Trinajstić information content (AvgIpc) is 2.60. The molecule has 2 rings (SSSR count). The quantitative estimate of drug-likeness (QED) is 0.824. The Kier molecular flexibility index (Phi) is 6.37. The van der Waals surface area contributed by atoms with Crippen molar-refractivity contribution in [3.8, 4) is 0 Å². The topological polar surface area (TPSA) is 95.9 Å². The van der Waals surface area contributed by atoms with Crippen LogP contribution in [-0.4, -0.2) is 46.7 Å². The van der Waals surface area contributed by atoms with E-state index in [2.05, 4.69) is 5.32 Å². The van der Waals surface area contributed by atoms with Crippen molar-refractivity contribution in [2.24, 2.45) is 11.8 Å². The van der Waals surface area contributed by atoms with Gasteiger partial charge in [0.15, 0.2) is 0 Å². The van der Waals surface area contributed by atoms with Crippen LogP contribution in [-0.2, 0) is 19.9 Å². The van der Waals surface area contributed by atoms with Crippen molar-refractivity contribution in [1.82, 2.24) is 10.2 Å². The summed E-state index contributed by atoms with van der Waals surface area (Å²) in [5.74, 6) is -2.72. The van der Waals surface area contributed by atoms with Crippen molar-refractivity contribution < 1.29 is 24.2 Å². The van der Waals surface area contributed by atoms with Crippen molar-refractivity contribution in [2.45, 2.75) is 52.2 Å². The number of rotatable bonds is 4. The van der Waals surface area contributed by atoms with E-state index in [-0.39, 0.29) is 25.4 Å². The molecule has 1 heterocycles. The number of ether oxygens (including phenoxy) is 1. The molecule has 1 aliphatic rings. The summed E-state index contributed by atoms with van der Waals surface area (Å²) in [6.45, 7) is 9.19. The number of carbonyl (C=O) groups excluding carboxylic acids is 2. The molecule has 1 aliphatic heterocycles. The third-order valence-corrected chi connectivity index (χ3v) is 4.75. The second-order valence-electron chi connectivity index (χ2n) is 8.83. The number of aliphatic carboxylic acids is 1. The molecule has 0 aromatic heterocycles. The number of benzene rings is 1. The van der Waals surface area contributed by atoms with E-state index in [0.717, 1.165) is 5.56 Å². The van der Waals surface area contributed by atoms with Crippen LogP contribution in [0.25, 0.3) is 0 Å². The summed E-state index contributed by atoms with van der Waals surface area (Å²) in [7, 11) is 0. The highest BCUT2D eigenvalue weighted by Crippen LogP contribution is 2.26. The van der Waals surface area contributed by atoms with Crippen LogP contribution in [0.15, 0.2) is 30.3 Å². The zero-order chi connectivity index (χ0) is 21.1. The minimum atomic E-state index is -1.02. The summed E-state index contributed by atoms with van der Waals surface area (Å²) in [6.07, 6.45) is -0.413. The second kappa shape index (κ2) is 8.20. The first-order valence-electron chi connectivity index (χ1n) is 9.47. The van der Waals surface area contributed by atoms with Gasteiger partial charge in [-0.3, -0.25) is 9.59 Å². The zero-order valence-corrected chi connectivity index (χ0v) is 17.2. The van der Waals surface area contributed by atoms with Gasteiger partial charge in [-0.1, -0.05) is 30.3 Å². The Hall–Kier alpha value is -2.57. The van der Waals surface area contributed by atoms with Gasteiger partial charge in [-0.25, -0.2) is 4.79 Å². The molecule has 154 valence electrons. The molecule has 2 N–H and O–H groups in total.